The molecule has 0 aromatic heterocycles. The molecule has 0 spiro atoms. The lowest BCUT2D eigenvalue weighted by molar-refractivity contribution is 0.321. The van der Waals surface area contributed by atoms with Gasteiger partial charge in [0.2, 0.25) is 0 Å². The minimum atomic E-state index is -3.81. The minimum absolute atomic E-state index is 0.0568. The number of sulfonamides is 1. The highest BCUT2D eigenvalue weighted by Crippen LogP contribution is 2.33. The van der Waals surface area contributed by atoms with Crippen LogP contribution in [-0.4, -0.2) is 21.6 Å². The summed E-state index contributed by atoms with van der Waals surface area (Å²) in [5, 5.41) is 0. The van der Waals surface area contributed by atoms with Crippen molar-refractivity contribution in [2.45, 2.75) is 25.7 Å². The summed E-state index contributed by atoms with van der Waals surface area (Å²) in [6.07, 6.45) is 0. The zero-order valence-electron chi connectivity index (χ0n) is 13.8. The first kappa shape index (κ1) is 18.6. The number of hydrogen-bond acceptors (Lipinski definition) is 4. The highest BCUT2D eigenvalue weighted by Gasteiger charge is 2.22. The number of benzene rings is 2. The zero-order valence-corrected chi connectivity index (χ0v) is 16.2. The molecule has 2 aromatic rings. The fourth-order valence-corrected chi connectivity index (χ4v) is 3.63. The molecule has 0 fully saturated rings. The maximum atomic E-state index is 12.8. The third-order valence-electron chi connectivity index (χ3n) is 3.23. The molecule has 0 aliphatic rings. The Morgan fingerprint density at radius 1 is 1.00 bits per heavy atom. The lowest BCUT2D eigenvalue weighted by atomic mass is 10.2. The lowest BCUT2D eigenvalue weighted by Crippen LogP contribution is -2.15. The van der Waals surface area contributed by atoms with Gasteiger partial charge in [-0.05, 0) is 56.7 Å². The van der Waals surface area contributed by atoms with Crippen molar-refractivity contribution in [1.29, 1.82) is 0 Å². The molecule has 0 aliphatic carbocycles. The van der Waals surface area contributed by atoms with E-state index in [0.717, 1.165) is 10.0 Å². The van der Waals surface area contributed by atoms with Gasteiger partial charge < -0.3 is 9.47 Å². The molecule has 0 radical (unpaired) electrons. The molecule has 130 valence electrons. The number of ether oxygens (including phenoxy) is 2. The summed E-state index contributed by atoms with van der Waals surface area (Å²) in [6.45, 7) is 6.34. The Hall–Kier alpha value is -1.73. The largest absolute Gasteiger partial charge is 0.494 e. The molecule has 5 nitrogen and oxygen atoms in total. The summed E-state index contributed by atoms with van der Waals surface area (Å²) in [5.41, 5.74) is 1.29. The van der Waals surface area contributed by atoms with E-state index in [0.29, 0.717) is 30.4 Å². The normalized spacial score (nSPS) is 11.2. The molecule has 0 atom stereocenters. The van der Waals surface area contributed by atoms with E-state index < -0.39 is 10.0 Å². The standard InChI is InChI=1S/C17H20BrNO4S/c1-4-22-15-11-17(16(23-5-2)10-12(15)3)24(20,21)19-14-8-6-13(18)7-9-14/h6-11,19H,4-5H2,1-3H3. The first-order valence-corrected chi connectivity index (χ1v) is 9.83. The van der Waals surface area contributed by atoms with E-state index in [1.54, 1.807) is 30.3 Å². The molecule has 0 unspecified atom stereocenters. The molecule has 24 heavy (non-hydrogen) atoms. The van der Waals surface area contributed by atoms with Crippen molar-refractivity contribution in [2.75, 3.05) is 17.9 Å². The Labute approximate surface area is 151 Å². The van der Waals surface area contributed by atoms with E-state index in [2.05, 4.69) is 20.7 Å². The van der Waals surface area contributed by atoms with Crippen LogP contribution >= 0.6 is 15.9 Å². The maximum absolute atomic E-state index is 12.8. The summed E-state index contributed by atoms with van der Waals surface area (Å²) in [7, 11) is -3.81. The van der Waals surface area contributed by atoms with E-state index in [1.807, 2.05) is 20.8 Å². The van der Waals surface area contributed by atoms with Gasteiger partial charge in [-0.15, -0.1) is 0 Å². The monoisotopic (exact) mass is 413 g/mol. The average Bonchev–Trinajstić information content (AvgIpc) is 2.52. The van der Waals surface area contributed by atoms with E-state index in [-0.39, 0.29) is 4.90 Å². The zero-order chi connectivity index (χ0) is 17.7. The van der Waals surface area contributed by atoms with Crippen LogP contribution in [-0.2, 0) is 10.0 Å². The first-order chi connectivity index (χ1) is 11.4. The summed E-state index contributed by atoms with van der Waals surface area (Å²) < 4.78 is 40.0. The topological polar surface area (TPSA) is 64.6 Å². The molecule has 0 amide bonds. The second kappa shape index (κ2) is 7.90. The quantitative estimate of drug-likeness (QED) is 0.732. The van der Waals surface area contributed by atoms with Crippen LogP contribution in [0.15, 0.2) is 45.8 Å². The van der Waals surface area contributed by atoms with Crippen molar-refractivity contribution in [3.8, 4) is 11.5 Å². The van der Waals surface area contributed by atoms with Gasteiger partial charge >= 0.3 is 0 Å². The van der Waals surface area contributed by atoms with E-state index in [1.165, 1.54) is 6.07 Å². The van der Waals surface area contributed by atoms with Crippen molar-refractivity contribution in [3.05, 3.63) is 46.4 Å². The molecule has 0 saturated heterocycles. The van der Waals surface area contributed by atoms with Crippen LogP contribution in [0.2, 0.25) is 0 Å². The van der Waals surface area contributed by atoms with Crippen molar-refractivity contribution in [3.63, 3.8) is 0 Å². The number of rotatable bonds is 7. The van der Waals surface area contributed by atoms with Crippen LogP contribution in [0.5, 0.6) is 11.5 Å². The highest BCUT2D eigenvalue weighted by molar-refractivity contribution is 9.10. The molecule has 0 bridgehead atoms. The van der Waals surface area contributed by atoms with Gasteiger partial charge in [-0.1, -0.05) is 15.9 Å². The SMILES string of the molecule is CCOc1cc(S(=O)(=O)Nc2ccc(Br)cc2)c(OCC)cc1C. The van der Waals surface area contributed by atoms with E-state index in [4.69, 9.17) is 9.47 Å². The fourth-order valence-electron chi connectivity index (χ4n) is 2.16. The van der Waals surface area contributed by atoms with Gasteiger partial charge in [0, 0.05) is 16.2 Å². The Morgan fingerprint density at radius 3 is 2.17 bits per heavy atom. The van der Waals surface area contributed by atoms with Gasteiger partial charge in [-0.3, -0.25) is 4.72 Å². The van der Waals surface area contributed by atoms with Crippen LogP contribution in [0.4, 0.5) is 5.69 Å². The third kappa shape index (κ3) is 4.42. The van der Waals surface area contributed by atoms with E-state index >= 15 is 0 Å². The smallest absolute Gasteiger partial charge is 0.265 e. The summed E-state index contributed by atoms with van der Waals surface area (Å²) in [4.78, 5) is 0.0568. The summed E-state index contributed by atoms with van der Waals surface area (Å²) in [5.74, 6) is 0.834. The van der Waals surface area contributed by atoms with Gasteiger partial charge in [0.25, 0.3) is 10.0 Å². The second-order valence-corrected chi connectivity index (χ2v) is 7.61. The molecule has 0 saturated carbocycles. The van der Waals surface area contributed by atoms with Gasteiger partial charge in [-0.2, -0.15) is 0 Å². The molecule has 2 rings (SSSR count). The van der Waals surface area contributed by atoms with Crippen LogP contribution < -0.4 is 14.2 Å². The van der Waals surface area contributed by atoms with Gasteiger partial charge in [0.15, 0.2) is 0 Å². The summed E-state index contributed by atoms with van der Waals surface area (Å²) >= 11 is 3.32. The van der Waals surface area contributed by atoms with Crippen molar-refractivity contribution < 1.29 is 17.9 Å². The molecule has 0 aliphatic heterocycles. The highest BCUT2D eigenvalue weighted by atomic mass is 79.9. The van der Waals surface area contributed by atoms with Crippen LogP contribution in [0, 0.1) is 6.92 Å². The van der Waals surface area contributed by atoms with Gasteiger partial charge in [0.05, 0.1) is 13.2 Å². The first-order valence-electron chi connectivity index (χ1n) is 7.56. The van der Waals surface area contributed by atoms with Crippen LogP contribution in [0.25, 0.3) is 0 Å². The Morgan fingerprint density at radius 2 is 1.58 bits per heavy atom. The fraction of sp³-hybridized carbons (Fsp3) is 0.294. The maximum Gasteiger partial charge on any atom is 0.265 e. The van der Waals surface area contributed by atoms with Crippen molar-refractivity contribution in [1.82, 2.24) is 0 Å². The third-order valence-corrected chi connectivity index (χ3v) is 5.16. The number of hydrogen-bond donors (Lipinski definition) is 1. The predicted octanol–water partition coefficient (Wildman–Crippen LogP) is 4.36. The lowest BCUT2D eigenvalue weighted by Gasteiger charge is -2.16. The van der Waals surface area contributed by atoms with Gasteiger partial charge in [-0.25, -0.2) is 8.42 Å². The Kier molecular flexibility index (Phi) is 6.12. The number of halogens is 1. The molecular formula is C17H20BrNO4S. The number of nitrogens with one attached hydrogen (secondary N) is 1. The Bertz CT molecular complexity index is 804. The Balaban J connectivity index is 2.46. The summed E-state index contributed by atoms with van der Waals surface area (Å²) in [6, 6.07) is 10.1. The predicted molar refractivity (Wildman–Crippen MR) is 98.5 cm³/mol. The van der Waals surface area contributed by atoms with Crippen LogP contribution in [0.3, 0.4) is 0 Å². The van der Waals surface area contributed by atoms with Crippen molar-refractivity contribution in [2.24, 2.45) is 0 Å². The molecule has 2 aromatic carbocycles. The minimum Gasteiger partial charge on any atom is -0.494 e. The van der Waals surface area contributed by atoms with E-state index in [9.17, 15) is 8.42 Å². The molecular weight excluding hydrogens is 394 g/mol. The molecule has 1 N–H and O–H groups in total. The number of aryl methyl sites for hydroxylation is 1. The van der Waals surface area contributed by atoms with Crippen molar-refractivity contribution >= 4 is 31.6 Å². The second-order valence-electron chi connectivity index (χ2n) is 5.04. The molecule has 7 heteroatoms. The molecule has 0 heterocycles. The number of anilines is 1. The van der Waals surface area contributed by atoms with Gasteiger partial charge in [0.1, 0.15) is 16.4 Å². The average molecular weight is 414 g/mol. The van der Waals surface area contributed by atoms with Crippen LogP contribution in [0.1, 0.15) is 19.4 Å².